The van der Waals surface area contributed by atoms with Gasteiger partial charge in [-0.05, 0) is 12.5 Å². The smallest absolute Gasteiger partial charge is 0.115 e. The highest BCUT2D eigenvalue weighted by atomic mass is 17.1. The maximum atomic E-state index is 8.29. The van der Waals surface area contributed by atoms with E-state index >= 15 is 0 Å². The van der Waals surface area contributed by atoms with Crippen molar-refractivity contribution >= 4 is 0 Å². The van der Waals surface area contributed by atoms with Crippen molar-refractivity contribution in [2.24, 2.45) is 0 Å². The van der Waals surface area contributed by atoms with E-state index < -0.39 is 0 Å². The summed E-state index contributed by atoms with van der Waals surface area (Å²) in [6, 6.07) is 9.55. The molecule has 0 bridgehead atoms. The van der Waals surface area contributed by atoms with Gasteiger partial charge in [0.1, 0.15) is 6.10 Å². The second-order valence-corrected chi connectivity index (χ2v) is 2.16. The molecular weight excluding hydrogens is 128 g/mol. The van der Waals surface area contributed by atoms with Crippen LogP contribution < -0.4 is 0 Å². The third-order valence-corrected chi connectivity index (χ3v) is 1.43. The third-order valence-electron chi connectivity index (χ3n) is 1.43. The zero-order valence-corrected chi connectivity index (χ0v) is 5.82. The normalized spacial score (nSPS) is 13.0. The van der Waals surface area contributed by atoms with E-state index in [9.17, 15) is 0 Å². The molecule has 2 nitrogen and oxygen atoms in total. The minimum absolute atomic E-state index is 0.235. The maximum absolute atomic E-state index is 8.29. The predicted molar refractivity (Wildman–Crippen MR) is 38.6 cm³/mol. The quantitative estimate of drug-likeness (QED) is 0.501. The molecule has 0 fully saturated rings. The molecule has 0 heterocycles. The lowest BCUT2D eigenvalue weighted by atomic mass is 10.1. The fraction of sp³-hybridized carbons (Fsp3) is 0.250. The van der Waals surface area contributed by atoms with Gasteiger partial charge < -0.3 is 0 Å². The van der Waals surface area contributed by atoms with E-state index in [0.29, 0.717) is 0 Å². The highest BCUT2D eigenvalue weighted by Gasteiger charge is 2.01. The lowest BCUT2D eigenvalue weighted by Crippen LogP contribution is -1.94. The van der Waals surface area contributed by atoms with E-state index in [0.717, 1.165) is 5.56 Å². The summed E-state index contributed by atoms with van der Waals surface area (Å²) in [7, 11) is 0. The summed E-state index contributed by atoms with van der Waals surface area (Å²) in [5.74, 6) is 0. The topological polar surface area (TPSA) is 29.5 Å². The van der Waals surface area contributed by atoms with Crippen LogP contribution in [0.3, 0.4) is 0 Å². The van der Waals surface area contributed by atoms with Crippen molar-refractivity contribution in [1.29, 1.82) is 0 Å². The largest absolute Gasteiger partial charge is 0.251 e. The summed E-state index contributed by atoms with van der Waals surface area (Å²) in [5.41, 5.74) is 0.977. The number of hydrogen-bond donors (Lipinski definition) is 1. The van der Waals surface area contributed by atoms with Crippen molar-refractivity contribution < 1.29 is 10.1 Å². The fourth-order valence-electron chi connectivity index (χ4n) is 0.785. The molecule has 1 N–H and O–H groups in total. The van der Waals surface area contributed by atoms with Crippen LogP contribution in [0.5, 0.6) is 0 Å². The predicted octanol–water partition coefficient (Wildman–Crippen LogP) is 2.24. The lowest BCUT2D eigenvalue weighted by Gasteiger charge is -2.05. The molecule has 0 aliphatic rings. The van der Waals surface area contributed by atoms with Gasteiger partial charge in [0.2, 0.25) is 0 Å². The molecular formula is C8H10O2. The van der Waals surface area contributed by atoms with Crippen LogP contribution in [0.4, 0.5) is 0 Å². The highest BCUT2D eigenvalue weighted by molar-refractivity contribution is 5.16. The molecule has 0 spiro atoms. The molecule has 0 saturated heterocycles. The van der Waals surface area contributed by atoms with Gasteiger partial charge in [0.15, 0.2) is 0 Å². The van der Waals surface area contributed by atoms with Crippen LogP contribution in [0.1, 0.15) is 18.6 Å². The van der Waals surface area contributed by atoms with E-state index in [1.165, 1.54) is 0 Å². The van der Waals surface area contributed by atoms with Crippen LogP contribution in [-0.4, -0.2) is 5.26 Å². The van der Waals surface area contributed by atoms with Gasteiger partial charge in [-0.15, -0.1) is 0 Å². The molecule has 2 heteroatoms. The molecule has 1 rings (SSSR count). The molecule has 0 aliphatic carbocycles. The van der Waals surface area contributed by atoms with Crippen LogP contribution in [0.25, 0.3) is 0 Å². The SMILES string of the molecule is C[C@H](OO)c1ccccc1. The molecule has 1 atom stereocenters. The third kappa shape index (κ3) is 1.56. The molecule has 0 unspecified atom stereocenters. The first-order valence-electron chi connectivity index (χ1n) is 3.19. The maximum Gasteiger partial charge on any atom is 0.115 e. The summed E-state index contributed by atoms with van der Waals surface area (Å²) in [5, 5.41) is 8.29. The minimum Gasteiger partial charge on any atom is -0.251 e. The zero-order valence-electron chi connectivity index (χ0n) is 5.82. The van der Waals surface area contributed by atoms with Gasteiger partial charge in [-0.3, -0.25) is 5.26 Å². The second kappa shape index (κ2) is 3.34. The lowest BCUT2D eigenvalue weighted by molar-refractivity contribution is -0.277. The Bertz CT molecular complexity index is 184. The van der Waals surface area contributed by atoms with Crippen molar-refractivity contribution in [2.75, 3.05) is 0 Å². The van der Waals surface area contributed by atoms with Crippen LogP contribution in [-0.2, 0) is 4.89 Å². The van der Waals surface area contributed by atoms with Gasteiger partial charge in [-0.1, -0.05) is 30.3 Å². The average molecular weight is 138 g/mol. The summed E-state index contributed by atoms with van der Waals surface area (Å²) in [6.45, 7) is 1.79. The van der Waals surface area contributed by atoms with Crippen LogP contribution in [0.2, 0.25) is 0 Å². The Hall–Kier alpha value is -0.860. The van der Waals surface area contributed by atoms with Gasteiger partial charge in [0, 0.05) is 0 Å². The van der Waals surface area contributed by atoms with Crippen molar-refractivity contribution in [2.45, 2.75) is 13.0 Å². The highest BCUT2D eigenvalue weighted by Crippen LogP contribution is 2.13. The number of hydrogen-bond acceptors (Lipinski definition) is 2. The second-order valence-electron chi connectivity index (χ2n) is 2.16. The van der Waals surface area contributed by atoms with Gasteiger partial charge >= 0.3 is 0 Å². The van der Waals surface area contributed by atoms with Crippen LogP contribution in [0.15, 0.2) is 30.3 Å². The van der Waals surface area contributed by atoms with E-state index in [1.54, 1.807) is 6.92 Å². The Labute approximate surface area is 60.0 Å². The van der Waals surface area contributed by atoms with E-state index in [-0.39, 0.29) is 6.10 Å². The van der Waals surface area contributed by atoms with Crippen LogP contribution >= 0.6 is 0 Å². The Balaban J connectivity index is 2.75. The zero-order chi connectivity index (χ0) is 7.40. The first-order valence-corrected chi connectivity index (χ1v) is 3.19. The number of rotatable bonds is 2. The molecule has 0 aromatic heterocycles. The Kier molecular flexibility index (Phi) is 2.42. The summed E-state index contributed by atoms with van der Waals surface area (Å²) < 4.78 is 0. The molecule has 10 heavy (non-hydrogen) atoms. The van der Waals surface area contributed by atoms with Gasteiger partial charge in [0.25, 0.3) is 0 Å². The monoisotopic (exact) mass is 138 g/mol. The average Bonchev–Trinajstić information content (AvgIpc) is 2.05. The first-order chi connectivity index (χ1) is 4.84. The van der Waals surface area contributed by atoms with Gasteiger partial charge in [-0.25, -0.2) is 4.89 Å². The van der Waals surface area contributed by atoms with Gasteiger partial charge in [0.05, 0.1) is 0 Å². The molecule has 1 aromatic rings. The van der Waals surface area contributed by atoms with Crippen molar-refractivity contribution in [3.8, 4) is 0 Å². The minimum atomic E-state index is -0.235. The Morgan fingerprint density at radius 3 is 2.40 bits per heavy atom. The summed E-state index contributed by atoms with van der Waals surface area (Å²) >= 11 is 0. The van der Waals surface area contributed by atoms with E-state index in [2.05, 4.69) is 4.89 Å². The first kappa shape index (κ1) is 7.25. The number of benzene rings is 1. The molecule has 0 radical (unpaired) electrons. The fourth-order valence-corrected chi connectivity index (χ4v) is 0.785. The molecule has 54 valence electrons. The molecule has 0 saturated carbocycles. The van der Waals surface area contributed by atoms with Crippen molar-refractivity contribution in [1.82, 2.24) is 0 Å². The standard InChI is InChI=1S/C8H10O2/c1-7(10-9)8-5-3-2-4-6-8/h2-7,9H,1H3/t7-/m0/s1. The Morgan fingerprint density at radius 2 is 1.90 bits per heavy atom. The summed E-state index contributed by atoms with van der Waals surface area (Å²) in [4.78, 5) is 4.14. The van der Waals surface area contributed by atoms with E-state index in [4.69, 9.17) is 5.26 Å². The summed E-state index contributed by atoms with van der Waals surface area (Å²) in [6.07, 6.45) is -0.235. The molecule has 0 amide bonds. The molecule has 0 aliphatic heterocycles. The van der Waals surface area contributed by atoms with Crippen molar-refractivity contribution in [3.05, 3.63) is 35.9 Å². The van der Waals surface area contributed by atoms with Crippen LogP contribution in [0, 0.1) is 0 Å². The van der Waals surface area contributed by atoms with E-state index in [1.807, 2.05) is 30.3 Å². The Morgan fingerprint density at radius 1 is 1.30 bits per heavy atom. The van der Waals surface area contributed by atoms with Crippen molar-refractivity contribution in [3.63, 3.8) is 0 Å². The van der Waals surface area contributed by atoms with Gasteiger partial charge in [-0.2, -0.15) is 0 Å². The molecule has 1 aromatic carbocycles.